The molecule has 2 aliphatic rings. The van der Waals surface area contributed by atoms with Gasteiger partial charge in [0.1, 0.15) is 6.10 Å². The zero-order valence-electron chi connectivity index (χ0n) is 20.8. The SMILES string of the molecule is CC1CNC(=O)C(CC(=O)NC2(CO)CCCC2)CC=CCCCC(Cc2ccccc2)C(=O)O1. The Labute approximate surface area is 208 Å². The summed E-state index contributed by atoms with van der Waals surface area (Å²) >= 11 is 0. The molecule has 1 heterocycles. The first-order chi connectivity index (χ1) is 16.9. The van der Waals surface area contributed by atoms with E-state index in [4.69, 9.17) is 4.74 Å². The van der Waals surface area contributed by atoms with E-state index < -0.39 is 17.6 Å². The fourth-order valence-corrected chi connectivity index (χ4v) is 5.02. The Hall–Kier alpha value is -2.67. The number of ether oxygens (including phenoxy) is 1. The van der Waals surface area contributed by atoms with Crippen LogP contribution in [0.5, 0.6) is 0 Å². The van der Waals surface area contributed by atoms with E-state index in [0.717, 1.165) is 50.5 Å². The maximum Gasteiger partial charge on any atom is 0.309 e. The second kappa shape index (κ2) is 13.4. The third-order valence-electron chi connectivity index (χ3n) is 7.12. The maximum absolute atomic E-state index is 12.9. The van der Waals surface area contributed by atoms with Gasteiger partial charge in [-0.05, 0) is 57.4 Å². The van der Waals surface area contributed by atoms with Gasteiger partial charge < -0.3 is 20.5 Å². The summed E-state index contributed by atoms with van der Waals surface area (Å²) in [5.41, 5.74) is 0.554. The second-order valence-electron chi connectivity index (χ2n) is 10.1. The molecule has 1 saturated carbocycles. The van der Waals surface area contributed by atoms with E-state index >= 15 is 0 Å². The van der Waals surface area contributed by atoms with Crippen LogP contribution in [0.1, 0.15) is 70.3 Å². The van der Waals surface area contributed by atoms with Crippen LogP contribution in [-0.4, -0.2) is 47.7 Å². The van der Waals surface area contributed by atoms with Crippen LogP contribution in [0.2, 0.25) is 0 Å². The molecule has 3 N–H and O–H groups in total. The van der Waals surface area contributed by atoms with Gasteiger partial charge in [-0.25, -0.2) is 0 Å². The molecule has 0 radical (unpaired) electrons. The van der Waals surface area contributed by atoms with Crippen molar-refractivity contribution in [1.29, 1.82) is 0 Å². The zero-order chi connectivity index (χ0) is 25.1. The number of carbonyl (C=O) groups is 3. The minimum Gasteiger partial charge on any atom is -0.461 e. The third kappa shape index (κ3) is 8.49. The molecule has 2 amide bonds. The number of hydrogen-bond acceptors (Lipinski definition) is 5. The van der Waals surface area contributed by atoms with E-state index in [9.17, 15) is 19.5 Å². The van der Waals surface area contributed by atoms with E-state index in [2.05, 4.69) is 10.6 Å². The number of benzene rings is 1. The summed E-state index contributed by atoms with van der Waals surface area (Å²) in [6.07, 6.45) is 10.6. The molecule has 1 fully saturated rings. The molecular weight excluding hydrogens is 444 g/mol. The Morgan fingerprint density at radius 2 is 1.86 bits per heavy atom. The number of carbonyl (C=O) groups excluding carboxylic acids is 3. The molecule has 1 aromatic carbocycles. The molecule has 1 aromatic rings. The van der Waals surface area contributed by atoms with Gasteiger partial charge in [0.05, 0.1) is 30.5 Å². The quantitative estimate of drug-likeness (QED) is 0.424. The lowest BCUT2D eigenvalue weighted by molar-refractivity contribution is -0.153. The Kier molecular flexibility index (Phi) is 10.3. The number of aliphatic hydroxyl groups is 1. The maximum atomic E-state index is 12.9. The number of nitrogens with one attached hydrogen (secondary N) is 2. The van der Waals surface area contributed by atoms with Gasteiger partial charge in [-0.3, -0.25) is 14.4 Å². The highest BCUT2D eigenvalue weighted by molar-refractivity contribution is 5.86. The highest BCUT2D eigenvalue weighted by atomic mass is 16.5. The number of aliphatic hydroxyl groups excluding tert-OH is 1. The van der Waals surface area contributed by atoms with Crippen LogP contribution in [0.25, 0.3) is 0 Å². The molecule has 3 rings (SSSR count). The van der Waals surface area contributed by atoms with E-state index in [1.165, 1.54) is 0 Å². The molecule has 0 spiro atoms. The first-order valence-corrected chi connectivity index (χ1v) is 13.0. The molecule has 0 bridgehead atoms. The van der Waals surface area contributed by atoms with Crippen LogP contribution in [0.15, 0.2) is 42.5 Å². The summed E-state index contributed by atoms with van der Waals surface area (Å²) in [7, 11) is 0. The van der Waals surface area contributed by atoms with Crippen molar-refractivity contribution in [3.8, 4) is 0 Å². The summed E-state index contributed by atoms with van der Waals surface area (Å²) in [5.74, 6) is -1.41. The normalized spacial score (nSPS) is 25.8. The topological polar surface area (TPSA) is 105 Å². The number of allylic oxidation sites excluding steroid dienone is 2. The largest absolute Gasteiger partial charge is 0.461 e. The molecule has 1 aliphatic carbocycles. The molecule has 192 valence electrons. The van der Waals surface area contributed by atoms with Crippen molar-refractivity contribution < 1.29 is 24.2 Å². The summed E-state index contributed by atoms with van der Waals surface area (Å²) < 4.78 is 5.68. The van der Waals surface area contributed by atoms with Crippen molar-refractivity contribution in [3.05, 3.63) is 48.0 Å². The number of cyclic esters (lactones) is 1. The third-order valence-corrected chi connectivity index (χ3v) is 7.12. The van der Waals surface area contributed by atoms with Crippen LogP contribution < -0.4 is 10.6 Å². The molecular formula is C28H40N2O5. The fourth-order valence-electron chi connectivity index (χ4n) is 5.02. The van der Waals surface area contributed by atoms with Gasteiger partial charge in [0, 0.05) is 6.42 Å². The monoisotopic (exact) mass is 484 g/mol. The number of rotatable bonds is 6. The van der Waals surface area contributed by atoms with Gasteiger partial charge in [-0.1, -0.05) is 55.3 Å². The van der Waals surface area contributed by atoms with Crippen LogP contribution in [-0.2, 0) is 25.5 Å². The first kappa shape index (κ1) is 26.9. The van der Waals surface area contributed by atoms with Gasteiger partial charge in [-0.2, -0.15) is 0 Å². The fraction of sp³-hybridized carbons (Fsp3) is 0.607. The van der Waals surface area contributed by atoms with Crippen LogP contribution in [0.4, 0.5) is 0 Å². The smallest absolute Gasteiger partial charge is 0.309 e. The van der Waals surface area contributed by atoms with E-state index in [1.807, 2.05) is 42.5 Å². The predicted octanol–water partition coefficient (Wildman–Crippen LogP) is 3.45. The second-order valence-corrected chi connectivity index (χ2v) is 10.1. The van der Waals surface area contributed by atoms with Gasteiger partial charge in [0.15, 0.2) is 0 Å². The molecule has 1 aliphatic heterocycles. The lowest BCUT2D eigenvalue weighted by Gasteiger charge is -2.29. The lowest BCUT2D eigenvalue weighted by atomic mass is 9.93. The van der Waals surface area contributed by atoms with Crippen molar-refractivity contribution in [2.75, 3.05) is 13.2 Å². The average Bonchev–Trinajstić information content (AvgIpc) is 3.31. The Balaban J connectivity index is 1.61. The summed E-state index contributed by atoms with van der Waals surface area (Å²) in [6.45, 7) is 1.89. The van der Waals surface area contributed by atoms with Crippen molar-refractivity contribution in [2.45, 2.75) is 82.8 Å². The summed E-state index contributed by atoms with van der Waals surface area (Å²) in [6, 6.07) is 9.94. The van der Waals surface area contributed by atoms with Crippen molar-refractivity contribution in [1.82, 2.24) is 10.6 Å². The standard InChI is InChI=1S/C28H40N2O5/c1-21-19-29-26(33)23(18-25(32)30-28(20-31)15-9-10-16-28)13-7-2-3-8-14-24(27(34)35-21)17-22-11-5-4-6-12-22/h2,4-7,11-12,21,23-24,31H,3,8-10,13-20H2,1H3,(H,29,33)(H,30,32). The number of esters is 1. The van der Waals surface area contributed by atoms with E-state index in [1.54, 1.807) is 6.92 Å². The highest BCUT2D eigenvalue weighted by Gasteiger charge is 2.35. The van der Waals surface area contributed by atoms with Crippen LogP contribution in [0.3, 0.4) is 0 Å². The van der Waals surface area contributed by atoms with E-state index in [0.29, 0.717) is 12.8 Å². The summed E-state index contributed by atoms with van der Waals surface area (Å²) in [5, 5.41) is 15.6. The average molecular weight is 485 g/mol. The van der Waals surface area contributed by atoms with Crippen LogP contribution in [0, 0.1) is 11.8 Å². The molecule has 0 aromatic heterocycles. The van der Waals surface area contributed by atoms with Crippen LogP contribution >= 0.6 is 0 Å². The predicted molar refractivity (Wildman–Crippen MR) is 134 cm³/mol. The van der Waals surface area contributed by atoms with Gasteiger partial charge in [0.2, 0.25) is 11.8 Å². The highest BCUT2D eigenvalue weighted by Crippen LogP contribution is 2.29. The molecule has 3 atom stereocenters. The van der Waals surface area contributed by atoms with Crippen molar-refractivity contribution in [2.24, 2.45) is 11.8 Å². The lowest BCUT2D eigenvalue weighted by Crippen LogP contribution is -2.50. The van der Waals surface area contributed by atoms with Gasteiger partial charge >= 0.3 is 5.97 Å². The first-order valence-electron chi connectivity index (χ1n) is 13.0. The molecule has 7 nitrogen and oxygen atoms in total. The van der Waals surface area contributed by atoms with Crippen molar-refractivity contribution in [3.63, 3.8) is 0 Å². The van der Waals surface area contributed by atoms with Gasteiger partial charge in [0.25, 0.3) is 0 Å². The Bertz CT molecular complexity index is 863. The molecule has 35 heavy (non-hydrogen) atoms. The minimum atomic E-state index is -0.552. The molecule has 7 heteroatoms. The van der Waals surface area contributed by atoms with Gasteiger partial charge in [-0.15, -0.1) is 0 Å². The number of amides is 2. The minimum absolute atomic E-state index is 0.0608. The Morgan fingerprint density at radius 1 is 1.11 bits per heavy atom. The van der Waals surface area contributed by atoms with E-state index in [-0.39, 0.29) is 43.3 Å². The zero-order valence-corrected chi connectivity index (χ0v) is 20.8. The van der Waals surface area contributed by atoms with Crippen molar-refractivity contribution >= 4 is 17.8 Å². The molecule has 3 unspecified atom stereocenters. The molecule has 0 saturated heterocycles. The summed E-state index contributed by atoms with van der Waals surface area (Å²) in [4.78, 5) is 38.6. The number of hydrogen-bond donors (Lipinski definition) is 3. The Morgan fingerprint density at radius 3 is 2.57 bits per heavy atom.